The summed E-state index contributed by atoms with van der Waals surface area (Å²) in [5.74, 6) is -2.82. The van der Waals surface area contributed by atoms with E-state index < -0.39 is 32.6 Å². The lowest BCUT2D eigenvalue weighted by Crippen LogP contribution is -2.30. The van der Waals surface area contributed by atoms with Crippen molar-refractivity contribution in [2.75, 3.05) is 13.1 Å². The van der Waals surface area contributed by atoms with E-state index in [1.165, 1.54) is 12.1 Å². The van der Waals surface area contributed by atoms with E-state index in [0.717, 1.165) is 10.4 Å². The Bertz CT molecular complexity index is 619. The number of aliphatic carboxylic acids is 1. The number of nitrogens with zero attached hydrogens (tertiary/aromatic N) is 1. The maximum atomic E-state index is 13.8. The van der Waals surface area contributed by atoms with Crippen molar-refractivity contribution >= 4 is 27.6 Å². The van der Waals surface area contributed by atoms with Gasteiger partial charge < -0.3 is 5.11 Å². The van der Waals surface area contributed by atoms with Gasteiger partial charge in [0.25, 0.3) is 0 Å². The number of sulfonamides is 1. The molecular formula is C11H11ClFNO4S. The topological polar surface area (TPSA) is 74.7 Å². The van der Waals surface area contributed by atoms with Crippen LogP contribution < -0.4 is 0 Å². The number of carbonyl (C=O) groups is 1. The average Bonchev–Trinajstić information content (AvgIpc) is 2.82. The van der Waals surface area contributed by atoms with Gasteiger partial charge in [0.05, 0.1) is 10.9 Å². The molecule has 1 heterocycles. The van der Waals surface area contributed by atoms with Crippen LogP contribution >= 0.6 is 11.6 Å². The molecule has 19 heavy (non-hydrogen) atoms. The number of halogens is 2. The summed E-state index contributed by atoms with van der Waals surface area (Å²) in [5.41, 5.74) is 0. The first-order chi connectivity index (χ1) is 8.84. The molecule has 1 saturated heterocycles. The van der Waals surface area contributed by atoms with Gasteiger partial charge in [0, 0.05) is 13.1 Å². The largest absolute Gasteiger partial charge is 0.481 e. The number of benzene rings is 1. The SMILES string of the molecule is O=C(O)[C@H]1CCN(S(=O)(=O)c2cccc(Cl)c2F)C1. The predicted octanol–water partition coefficient (Wildman–Crippen LogP) is 1.57. The molecule has 1 atom stereocenters. The molecule has 0 amide bonds. The van der Waals surface area contributed by atoms with Crippen LogP contribution in [-0.4, -0.2) is 36.9 Å². The highest BCUT2D eigenvalue weighted by Crippen LogP contribution is 2.28. The van der Waals surface area contributed by atoms with Gasteiger partial charge in [0.15, 0.2) is 5.82 Å². The van der Waals surface area contributed by atoms with Crippen molar-refractivity contribution in [2.24, 2.45) is 5.92 Å². The summed E-state index contributed by atoms with van der Waals surface area (Å²) >= 11 is 5.55. The van der Waals surface area contributed by atoms with E-state index >= 15 is 0 Å². The maximum absolute atomic E-state index is 13.8. The Balaban J connectivity index is 2.34. The molecule has 1 N–H and O–H groups in total. The molecule has 0 saturated carbocycles. The van der Waals surface area contributed by atoms with Crippen molar-refractivity contribution in [2.45, 2.75) is 11.3 Å². The second kappa shape index (κ2) is 5.07. The lowest BCUT2D eigenvalue weighted by Gasteiger charge is -2.16. The standard InChI is InChI=1S/C11H11ClFNO4S/c12-8-2-1-3-9(10(8)13)19(17,18)14-5-4-7(6-14)11(15)16/h1-3,7H,4-6H2,(H,15,16)/t7-/m0/s1. The van der Waals surface area contributed by atoms with Crippen LogP contribution in [0.2, 0.25) is 5.02 Å². The molecule has 1 aromatic rings. The van der Waals surface area contributed by atoms with Gasteiger partial charge in [-0.15, -0.1) is 0 Å². The Labute approximate surface area is 114 Å². The molecule has 1 aromatic carbocycles. The predicted molar refractivity (Wildman–Crippen MR) is 65.9 cm³/mol. The van der Waals surface area contributed by atoms with Crippen molar-refractivity contribution in [3.05, 3.63) is 29.0 Å². The summed E-state index contributed by atoms with van der Waals surface area (Å²) in [4.78, 5) is 10.3. The fraction of sp³-hybridized carbons (Fsp3) is 0.364. The van der Waals surface area contributed by atoms with Crippen molar-refractivity contribution in [3.63, 3.8) is 0 Å². The van der Waals surface area contributed by atoms with Crippen LogP contribution in [0.1, 0.15) is 6.42 Å². The highest BCUT2D eigenvalue weighted by Gasteiger charge is 2.37. The van der Waals surface area contributed by atoms with Gasteiger partial charge in [-0.2, -0.15) is 4.31 Å². The van der Waals surface area contributed by atoms with Gasteiger partial charge in [0.2, 0.25) is 10.0 Å². The maximum Gasteiger partial charge on any atom is 0.307 e. The van der Waals surface area contributed by atoms with Crippen LogP contribution in [0.4, 0.5) is 4.39 Å². The van der Waals surface area contributed by atoms with E-state index in [1.807, 2.05) is 0 Å². The molecule has 104 valence electrons. The Hall–Kier alpha value is -1.18. The van der Waals surface area contributed by atoms with Gasteiger partial charge in [-0.3, -0.25) is 4.79 Å². The molecule has 0 unspecified atom stereocenters. The molecule has 0 spiro atoms. The Morgan fingerprint density at radius 2 is 2.16 bits per heavy atom. The zero-order chi connectivity index (χ0) is 14.2. The van der Waals surface area contributed by atoms with Gasteiger partial charge >= 0.3 is 5.97 Å². The molecule has 8 heteroatoms. The summed E-state index contributed by atoms with van der Waals surface area (Å²) in [7, 11) is -4.05. The molecule has 0 aliphatic carbocycles. The second-order valence-corrected chi connectivity index (χ2v) is 6.55. The summed E-state index contributed by atoms with van der Waals surface area (Å²) in [5, 5.41) is 8.57. The molecule has 0 aromatic heterocycles. The number of hydrogen-bond donors (Lipinski definition) is 1. The number of rotatable bonds is 3. The first-order valence-electron chi connectivity index (χ1n) is 5.51. The van der Waals surface area contributed by atoms with Crippen molar-refractivity contribution in [1.29, 1.82) is 0 Å². The van der Waals surface area contributed by atoms with Crippen molar-refractivity contribution in [3.8, 4) is 0 Å². The van der Waals surface area contributed by atoms with Crippen molar-refractivity contribution in [1.82, 2.24) is 4.31 Å². The van der Waals surface area contributed by atoms with E-state index in [9.17, 15) is 17.6 Å². The highest BCUT2D eigenvalue weighted by molar-refractivity contribution is 7.89. The number of hydrogen-bond acceptors (Lipinski definition) is 3. The lowest BCUT2D eigenvalue weighted by molar-refractivity contribution is -0.141. The second-order valence-electron chi connectivity index (χ2n) is 4.24. The third-order valence-corrected chi connectivity index (χ3v) is 5.21. The molecule has 5 nitrogen and oxygen atoms in total. The van der Waals surface area contributed by atoms with Crippen LogP contribution in [0.3, 0.4) is 0 Å². The van der Waals surface area contributed by atoms with Crippen LogP contribution in [0.5, 0.6) is 0 Å². The fourth-order valence-electron chi connectivity index (χ4n) is 1.97. The molecule has 0 bridgehead atoms. The molecule has 1 aliphatic heterocycles. The van der Waals surface area contributed by atoms with E-state index in [0.29, 0.717) is 0 Å². The minimum atomic E-state index is -4.05. The first kappa shape index (κ1) is 14.2. The summed E-state index contributed by atoms with van der Waals surface area (Å²) in [6.45, 7) is -0.0884. The third-order valence-electron chi connectivity index (χ3n) is 3.03. The lowest BCUT2D eigenvalue weighted by atomic mass is 10.1. The summed E-state index contributed by atoms with van der Waals surface area (Å²) < 4.78 is 39.1. The molecule has 0 radical (unpaired) electrons. The molecule has 1 aliphatic rings. The zero-order valence-electron chi connectivity index (χ0n) is 9.71. The van der Waals surface area contributed by atoms with Gasteiger partial charge in [0.1, 0.15) is 4.90 Å². The van der Waals surface area contributed by atoms with E-state index in [1.54, 1.807) is 0 Å². The van der Waals surface area contributed by atoms with Crippen LogP contribution in [0.25, 0.3) is 0 Å². The van der Waals surface area contributed by atoms with Gasteiger partial charge in [-0.05, 0) is 18.6 Å². The Kier molecular flexibility index (Phi) is 3.80. The monoisotopic (exact) mass is 307 g/mol. The van der Waals surface area contributed by atoms with Crippen LogP contribution in [0, 0.1) is 11.7 Å². The summed E-state index contributed by atoms with van der Waals surface area (Å²) in [6, 6.07) is 3.70. The first-order valence-corrected chi connectivity index (χ1v) is 7.33. The number of carboxylic acids is 1. The average molecular weight is 308 g/mol. The van der Waals surface area contributed by atoms with E-state index in [4.69, 9.17) is 16.7 Å². The summed E-state index contributed by atoms with van der Waals surface area (Å²) in [6.07, 6.45) is 0.219. The minimum Gasteiger partial charge on any atom is -0.481 e. The quantitative estimate of drug-likeness (QED) is 0.920. The zero-order valence-corrected chi connectivity index (χ0v) is 11.3. The normalized spacial score (nSPS) is 20.6. The van der Waals surface area contributed by atoms with Crippen LogP contribution in [0.15, 0.2) is 23.1 Å². The van der Waals surface area contributed by atoms with E-state index in [2.05, 4.69) is 0 Å². The Morgan fingerprint density at radius 3 is 2.74 bits per heavy atom. The highest BCUT2D eigenvalue weighted by atomic mass is 35.5. The van der Waals surface area contributed by atoms with E-state index in [-0.39, 0.29) is 24.5 Å². The van der Waals surface area contributed by atoms with Crippen LogP contribution in [-0.2, 0) is 14.8 Å². The minimum absolute atomic E-state index is 0.0608. The Morgan fingerprint density at radius 1 is 1.47 bits per heavy atom. The molecule has 2 rings (SSSR count). The van der Waals surface area contributed by atoms with Gasteiger partial charge in [-0.25, -0.2) is 12.8 Å². The molecular weight excluding hydrogens is 297 g/mol. The van der Waals surface area contributed by atoms with Crippen molar-refractivity contribution < 1.29 is 22.7 Å². The third kappa shape index (κ3) is 2.58. The number of carboxylic acid groups (broad SMARTS) is 1. The van der Waals surface area contributed by atoms with Gasteiger partial charge in [-0.1, -0.05) is 17.7 Å². The smallest absolute Gasteiger partial charge is 0.307 e. The fourth-order valence-corrected chi connectivity index (χ4v) is 3.79. The molecule has 1 fully saturated rings.